The van der Waals surface area contributed by atoms with Gasteiger partial charge in [0.15, 0.2) is 0 Å². The molecule has 0 aromatic carbocycles. The van der Waals surface area contributed by atoms with Crippen molar-refractivity contribution in [1.29, 1.82) is 0 Å². The first-order chi connectivity index (χ1) is 4.00. The highest BCUT2D eigenvalue weighted by Crippen LogP contribution is 1.74. The molecular formula is H5FO7SSi. The number of rotatable bonds is 0. The van der Waals surface area contributed by atoms with Gasteiger partial charge in [0.05, 0.1) is 0 Å². The number of hydrogen-bond donors (Lipinski definition) is 5. The fourth-order valence-corrected chi connectivity index (χ4v) is 0. The predicted molar refractivity (Wildman–Crippen MR) is 27.3 cm³/mol. The van der Waals surface area contributed by atoms with E-state index in [2.05, 4.69) is 0 Å². The first-order valence-corrected chi connectivity index (χ1v) is 4.69. The highest BCUT2D eigenvalue weighted by Gasteiger charge is 2.22. The molecule has 10 heavy (non-hydrogen) atoms. The van der Waals surface area contributed by atoms with Crippen LogP contribution in [0, 0.1) is 0 Å². The van der Waals surface area contributed by atoms with E-state index >= 15 is 0 Å². The molecule has 0 aliphatic carbocycles. The van der Waals surface area contributed by atoms with Crippen LogP contribution in [0.2, 0.25) is 0 Å². The van der Waals surface area contributed by atoms with Crippen LogP contribution in [0.1, 0.15) is 0 Å². The van der Waals surface area contributed by atoms with E-state index in [4.69, 9.17) is 32.2 Å². The van der Waals surface area contributed by atoms with Crippen molar-refractivity contribution in [2.24, 2.45) is 0 Å². The van der Waals surface area contributed by atoms with Gasteiger partial charge >= 0.3 is 19.6 Å². The molecule has 0 aromatic heterocycles. The fraction of sp³-hybridized carbons (Fsp3) is 0. The molecule has 7 nitrogen and oxygen atoms in total. The van der Waals surface area contributed by atoms with Crippen LogP contribution in [0.25, 0.3) is 0 Å². The molecule has 5 N–H and O–H groups in total. The van der Waals surface area contributed by atoms with Crippen molar-refractivity contribution < 1.29 is 36.0 Å². The lowest BCUT2D eigenvalue weighted by Crippen LogP contribution is -2.33. The smallest absolute Gasteiger partial charge is 0.368 e. The number of halogens is 1. The maximum Gasteiger partial charge on any atom is 0.668 e. The van der Waals surface area contributed by atoms with Crippen molar-refractivity contribution >= 4 is 19.6 Å². The van der Waals surface area contributed by atoms with Gasteiger partial charge in [0.2, 0.25) is 0 Å². The summed E-state index contributed by atoms with van der Waals surface area (Å²) < 4.78 is 34.1. The lowest BCUT2D eigenvalue weighted by atomic mass is 15.7. The minimum absolute atomic E-state index is 4.61. The second-order valence-electron chi connectivity index (χ2n) is 1.01. The van der Waals surface area contributed by atoms with Gasteiger partial charge in [-0.05, 0) is 0 Å². The molecule has 64 valence electrons. The monoisotopic (exact) mass is 196 g/mol. The topological polar surface area (TPSA) is 135 Å². The Balaban J connectivity index is 0. The van der Waals surface area contributed by atoms with Crippen LogP contribution in [0.3, 0.4) is 0 Å². The summed E-state index contributed by atoms with van der Waals surface area (Å²) >= 11 is 0. The molecule has 0 heterocycles. The Morgan fingerprint density at radius 3 is 1.10 bits per heavy atom. The maximum absolute atomic E-state index is 10.2. The summed E-state index contributed by atoms with van der Waals surface area (Å²) in [5.74, 6) is 0. The third-order valence-electron chi connectivity index (χ3n) is 0. The molecule has 0 amide bonds. The standard InChI is InChI=1S/FHO3S.H4O4Si/c2*1-5(2,3)4/h(H,2,3,4);1-4H. The van der Waals surface area contributed by atoms with Crippen molar-refractivity contribution in [3.05, 3.63) is 0 Å². The highest BCUT2D eigenvalue weighted by molar-refractivity contribution is 7.80. The van der Waals surface area contributed by atoms with E-state index in [1.807, 2.05) is 0 Å². The van der Waals surface area contributed by atoms with Gasteiger partial charge in [-0.15, -0.1) is 0 Å². The van der Waals surface area contributed by atoms with E-state index in [0.717, 1.165) is 0 Å². The third-order valence-corrected chi connectivity index (χ3v) is 0. The molecule has 0 fully saturated rings. The minimum atomic E-state index is -5.17. The molecule has 0 unspecified atom stereocenters. The predicted octanol–water partition coefficient (Wildman–Crippen LogP) is -2.85. The minimum Gasteiger partial charge on any atom is -0.368 e. The SMILES string of the molecule is O=S(=O)(O)F.O[Si](O)(O)O. The average Bonchev–Trinajstić information content (AvgIpc) is 1.12. The number of hydrogen-bond acceptors (Lipinski definition) is 6. The van der Waals surface area contributed by atoms with E-state index in [1.165, 1.54) is 0 Å². The summed E-state index contributed by atoms with van der Waals surface area (Å²) in [6.07, 6.45) is 0. The molecule has 10 heteroatoms. The zero-order chi connectivity index (χ0) is 9.00. The Bertz CT molecular complexity index is 149. The Morgan fingerprint density at radius 2 is 1.10 bits per heavy atom. The maximum atomic E-state index is 10.2. The molecule has 0 rings (SSSR count). The fourth-order valence-electron chi connectivity index (χ4n) is 0. The van der Waals surface area contributed by atoms with Crippen LogP contribution in [-0.2, 0) is 10.5 Å². The molecule has 0 radical (unpaired) electrons. The van der Waals surface area contributed by atoms with Crippen molar-refractivity contribution in [1.82, 2.24) is 0 Å². The van der Waals surface area contributed by atoms with Crippen LogP contribution in [-0.4, -0.2) is 41.2 Å². The Kier molecular flexibility index (Phi) is 4.92. The average molecular weight is 196 g/mol. The van der Waals surface area contributed by atoms with Gasteiger partial charge in [0.25, 0.3) is 0 Å². The molecule has 0 spiro atoms. The highest BCUT2D eigenvalue weighted by atomic mass is 32.3. The van der Waals surface area contributed by atoms with Crippen molar-refractivity contribution in [2.45, 2.75) is 0 Å². The van der Waals surface area contributed by atoms with Crippen molar-refractivity contribution in [2.75, 3.05) is 0 Å². The quantitative estimate of drug-likeness (QED) is 0.160. The van der Waals surface area contributed by atoms with Crippen LogP contribution >= 0.6 is 0 Å². The molecule has 0 bridgehead atoms. The second-order valence-corrected chi connectivity index (χ2v) is 3.04. The van der Waals surface area contributed by atoms with Gasteiger partial charge in [-0.1, -0.05) is 3.89 Å². The summed E-state index contributed by atoms with van der Waals surface area (Å²) in [5.41, 5.74) is 0. The van der Waals surface area contributed by atoms with Crippen LogP contribution < -0.4 is 0 Å². The summed E-state index contributed by atoms with van der Waals surface area (Å²) in [4.78, 5) is 29.3. The molecule has 0 aliphatic heterocycles. The van der Waals surface area contributed by atoms with Gasteiger partial charge in [-0.2, -0.15) is 8.42 Å². The van der Waals surface area contributed by atoms with Gasteiger partial charge in [-0.3, -0.25) is 4.55 Å². The molecule has 0 saturated heterocycles. The summed E-state index contributed by atoms with van der Waals surface area (Å²) in [5, 5.41) is 0. The van der Waals surface area contributed by atoms with E-state index in [9.17, 15) is 3.89 Å². The van der Waals surface area contributed by atoms with E-state index in [-0.39, 0.29) is 0 Å². The second kappa shape index (κ2) is 3.92. The van der Waals surface area contributed by atoms with Gasteiger partial charge < -0.3 is 19.2 Å². The van der Waals surface area contributed by atoms with Crippen LogP contribution in [0.15, 0.2) is 0 Å². The lowest BCUT2D eigenvalue weighted by Gasteiger charge is -1.91. The lowest BCUT2D eigenvalue weighted by molar-refractivity contribution is 0.117. The van der Waals surface area contributed by atoms with Crippen LogP contribution in [0.4, 0.5) is 3.89 Å². The largest absolute Gasteiger partial charge is 0.668 e. The zero-order valence-corrected chi connectivity index (χ0v) is 6.16. The summed E-state index contributed by atoms with van der Waals surface area (Å²) in [6.45, 7) is 0. The molecule has 0 aliphatic rings. The van der Waals surface area contributed by atoms with E-state index < -0.39 is 19.6 Å². The van der Waals surface area contributed by atoms with Gasteiger partial charge in [-0.25, -0.2) is 0 Å². The molecule has 0 aromatic rings. The van der Waals surface area contributed by atoms with E-state index in [1.54, 1.807) is 0 Å². The molecular weight excluding hydrogens is 191 g/mol. The van der Waals surface area contributed by atoms with E-state index in [0.29, 0.717) is 0 Å². The Labute approximate surface area is 56.5 Å². The summed E-state index contributed by atoms with van der Waals surface area (Å²) in [6, 6.07) is 0. The van der Waals surface area contributed by atoms with Crippen LogP contribution in [0.5, 0.6) is 0 Å². The Hall–Kier alpha value is -0.103. The Morgan fingerprint density at radius 1 is 1.10 bits per heavy atom. The first kappa shape index (κ1) is 12.6. The first-order valence-electron chi connectivity index (χ1n) is 1.56. The molecule has 0 saturated carbocycles. The van der Waals surface area contributed by atoms with Gasteiger partial charge in [0.1, 0.15) is 0 Å². The van der Waals surface area contributed by atoms with Crippen molar-refractivity contribution in [3.63, 3.8) is 0 Å². The van der Waals surface area contributed by atoms with Crippen molar-refractivity contribution in [3.8, 4) is 0 Å². The normalized spacial score (nSPS) is 11.8. The molecule has 0 atom stereocenters. The zero-order valence-electron chi connectivity index (χ0n) is 4.34. The third kappa shape index (κ3) is 35300. The summed E-state index contributed by atoms with van der Waals surface area (Å²) in [7, 11) is -9.78. The van der Waals surface area contributed by atoms with Gasteiger partial charge in [0, 0.05) is 0 Å².